The van der Waals surface area contributed by atoms with Crippen molar-refractivity contribution in [3.63, 3.8) is 0 Å². The van der Waals surface area contributed by atoms with Crippen LogP contribution in [0.15, 0.2) is 60.8 Å². The van der Waals surface area contributed by atoms with Gasteiger partial charge < -0.3 is 10.6 Å². The molecule has 0 unspecified atom stereocenters. The molecule has 3 rings (SSSR count). The Bertz CT molecular complexity index is 875. The Kier molecular flexibility index (Phi) is 4.11. The lowest BCUT2D eigenvalue weighted by molar-refractivity contribution is -0.385. The topological polar surface area (TPSA) is 80.1 Å². The average molecular weight is 324 g/mol. The fourth-order valence-electron chi connectivity index (χ4n) is 2.17. The summed E-state index contributed by atoms with van der Waals surface area (Å²) < 4.78 is 0. The summed E-state index contributed by atoms with van der Waals surface area (Å²) in [6.45, 7) is 0. The number of nitrogens with one attached hydrogen (secondary N) is 2. The van der Waals surface area contributed by atoms with Crippen LogP contribution in [0.3, 0.4) is 0 Å². The largest absolute Gasteiger partial charge is 0.332 e. The molecule has 1 heterocycles. The highest BCUT2D eigenvalue weighted by atomic mass is 32.1. The Balaban J connectivity index is 1.75. The van der Waals surface area contributed by atoms with E-state index < -0.39 is 4.92 Å². The van der Waals surface area contributed by atoms with E-state index in [2.05, 4.69) is 15.6 Å². The van der Waals surface area contributed by atoms with Gasteiger partial charge >= 0.3 is 0 Å². The third kappa shape index (κ3) is 3.41. The Morgan fingerprint density at radius 2 is 1.83 bits per heavy atom. The number of rotatable bonds is 3. The van der Waals surface area contributed by atoms with Crippen LogP contribution < -0.4 is 10.6 Å². The number of hydrogen-bond donors (Lipinski definition) is 2. The van der Waals surface area contributed by atoms with Gasteiger partial charge in [0.05, 0.1) is 4.92 Å². The number of fused-ring (bicyclic) bond motifs is 1. The molecule has 2 aromatic carbocycles. The average Bonchev–Trinajstić information content (AvgIpc) is 2.55. The molecule has 0 saturated carbocycles. The number of aromatic nitrogens is 1. The molecule has 0 aliphatic carbocycles. The van der Waals surface area contributed by atoms with Crippen molar-refractivity contribution in [2.45, 2.75) is 0 Å². The number of hydrogen-bond acceptors (Lipinski definition) is 4. The minimum absolute atomic E-state index is 0.0662. The van der Waals surface area contributed by atoms with E-state index in [4.69, 9.17) is 12.2 Å². The molecule has 0 aliphatic heterocycles. The molecule has 3 aromatic rings. The lowest BCUT2D eigenvalue weighted by Gasteiger charge is -2.12. The minimum Gasteiger partial charge on any atom is -0.332 e. The predicted molar refractivity (Wildman–Crippen MR) is 94.7 cm³/mol. The third-order valence-electron chi connectivity index (χ3n) is 3.24. The van der Waals surface area contributed by atoms with Gasteiger partial charge in [0.2, 0.25) is 0 Å². The van der Waals surface area contributed by atoms with E-state index in [1.807, 2.05) is 42.5 Å². The molecule has 114 valence electrons. The summed E-state index contributed by atoms with van der Waals surface area (Å²) in [5, 5.41) is 19.2. The number of pyridine rings is 1. The van der Waals surface area contributed by atoms with Crippen molar-refractivity contribution >= 4 is 45.3 Å². The van der Waals surface area contributed by atoms with Crippen LogP contribution in [0.4, 0.5) is 17.2 Å². The Morgan fingerprint density at radius 1 is 1.04 bits per heavy atom. The highest BCUT2D eigenvalue weighted by molar-refractivity contribution is 7.80. The summed E-state index contributed by atoms with van der Waals surface area (Å²) in [7, 11) is 0. The van der Waals surface area contributed by atoms with Gasteiger partial charge in [0.25, 0.3) is 5.69 Å². The molecule has 0 aliphatic rings. The molecule has 0 amide bonds. The van der Waals surface area contributed by atoms with E-state index in [0.717, 1.165) is 16.5 Å². The van der Waals surface area contributed by atoms with E-state index in [0.29, 0.717) is 10.9 Å². The van der Waals surface area contributed by atoms with E-state index >= 15 is 0 Å². The first kappa shape index (κ1) is 14.9. The van der Waals surface area contributed by atoms with Gasteiger partial charge in [0, 0.05) is 17.1 Å². The van der Waals surface area contributed by atoms with E-state index in [1.165, 1.54) is 18.3 Å². The predicted octanol–water partition coefficient (Wildman–Crippen LogP) is 3.95. The second-order valence-electron chi connectivity index (χ2n) is 4.76. The SMILES string of the molecule is O=[N+]([O-])c1ccc(NC(=S)Nc2cccc3ccccc23)nc1. The van der Waals surface area contributed by atoms with Crippen molar-refractivity contribution in [3.05, 3.63) is 70.9 Å². The van der Waals surface area contributed by atoms with Gasteiger partial charge in [-0.1, -0.05) is 36.4 Å². The summed E-state index contributed by atoms with van der Waals surface area (Å²) in [6.07, 6.45) is 1.18. The quantitative estimate of drug-likeness (QED) is 0.431. The molecule has 23 heavy (non-hydrogen) atoms. The highest BCUT2D eigenvalue weighted by Gasteiger charge is 2.07. The summed E-state index contributed by atoms with van der Waals surface area (Å²) in [4.78, 5) is 14.1. The maximum atomic E-state index is 10.6. The molecule has 2 N–H and O–H groups in total. The second kappa shape index (κ2) is 6.37. The van der Waals surface area contributed by atoms with Crippen LogP contribution in [-0.2, 0) is 0 Å². The molecule has 0 saturated heterocycles. The first-order valence-electron chi connectivity index (χ1n) is 6.80. The maximum Gasteiger partial charge on any atom is 0.287 e. The Hall–Kier alpha value is -3.06. The molecule has 0 radical (unpaired) electrons. The fourth-order valence-corrected chi connectivity index (χ4v) is 2.39. The minimum atomic E-state index is -0.497. The normalized spacial score (nSPS) is 10.3. The molecule has 0 atom stereocenters. The second-order valence-corrected chi connectivity index (χ2v) is 5.17. The first-order chi connectivity index (χ1) is 11.1. The van der Waals surface area contributed by atoms with Crippen LogP contribution in [0.25, 0.3) is 10.8 Å². The molecule has 6 nitrogen and oxygen atoms in total. The van der Waals surface area contributed by atoms with Crippen molar-refractivity contribution in [2.75, 3.05) is 10.6 Å². The zero-order chi connectivity index (χ0) is 16.2. The van der Waals surface area contributed by atoms with E-state index in [9.17, 15) is 10.1 Å². The summed E-state index contributed by atoms with van der Waals surface area (Å²) in [5.41, 5.74) is 0.811. The third-order valence-corrected chi connectivity index (χ3v) is 3.44. The zero-order valence-electron chi connectivity index (χ0n) is 11.9. The van der Waals surface area contributed by atoms with Gasteiger partial charge in [-0.25, -0.2) is 4.98 Å². The van der Waals surface area contributed by atoms with Gasteiger partial charge in [-0.15, -0.1) is 0 Å². The molecule has 1 aromatic heterocycles. The monoisotopic (exact) mass is 324 g/mol. The summed E-state index contributed by atoms with van der Waals surface area (Å²) >= 11 is 5.27. The number of nitrogens with zero attached hydrogens (tertiary/aromatic N) is 2. The molecule has 7 heteroatoms. The number of anilines is 2. The lowest BCUT2D eigenvalue weighted by atomic mass is 10.1. The highest BCUT2D eigenvalue weighted by Crippen LogP contribution is 2.23. The van der Waals surface area contributed by atoms with Crippen LogP contribution in [0.2, 0.25) is 0 Å². The van der Waals surface area contributed by atoms with Crippen molar-refractivity contribution in [3.8, 4) is 0 Å². The van der Waals surface area contributed by atoms with Crippen molar-refractivity contribution in [1.29, 1.82) is 0 Å². The number of nitro groups is 1. The number of benzene rings is 2. The summed E-state index contributed by atoms with van der Waals surface area (Å²) in [5.74, 6) is 0.438. The van der Waals surface area contributed by atoms with Gasteiger partial charge in [-0.05, 0) is 29.7 Å². The zero-order valence-corrected chi connectivity index (χ0v) is 12.7. The summed E-state index contributed by atoms with van der Waals surface area (Å²) in [6, 6.07) is 16.7. The Labute approximate surface area is 137 Å². The first-order valence-corrected chi connectivity index (χ1v) is 7.20. The van der Waals surface area contributed by atoms with Crippen molar-refractivity contribution < 1.29 is 4.92 Å². The molecule has 0 spiro atoms. The molecule has 0 fully saturated rings. The molecule has 0 bridgehead atoms. The standard InChI is InChI=1S/C16H12N4O2S/c21-20(22)12-8-9-15(17-10-12)19-16(23)18-14-7-3-5-11-4-1-2-6-13(11)14/h1-10H,(H2,17,18,19,23). The number of thiocarbonyl (C=S) groups is 1. The van der Waals surface area contributed by atoms with Crippen LogP contribution >= 0.6 is 12.2 Å². The lowest BCUT2D eigenvalue weighted by Crippen LogP contribution is -2.19. The van der Waals surface area contributed by atoms with Crippen molar-refractivity contribution in [1.82, 2.24) is 4.98 Å². The van der Waals surface area contributed by atoms with Crippen molar-refractivity contribution in [2.24, 2.45) is 0 Å². The van der Waals surface area contributed by atoms with E-state index in [1.54, 1.807) is 0 Å². The van der Waals surface area contributed by atoms with E-state index in [-0.39, 0.29) is 5.69 Å². The van der Waals surface area contributed by atoms with Crippen LogP contribution in [0.5, 0.6) is 0 Å². The van der Waals surface area contributed by atoms with Gasteiger partial charge in [0.1, 0.15) is 12.0 Å². The van der Waals surface area contributed by atoms with Crippen LogP contribution in [-0.4, -0.2) is 15.0 Å². The van der Waals surface area contributed by atoms with Crippen LogP contribution in [0.1, 0.15) is 0 Å². The van der Waals surface area contributed by atoms with Gasteiger partial charge in [0.15, 0.2) is 5.11 Å². The maximum absolute atomic E-state index is 10.6. The van der Waals surface area contributed by atoms with Gasteiger partial charge in [-0.2, -0.15) is 0 Å². The smallest absolute Gasteiger partial charge is 0.287 e. The fraction of sp³-hybridized carbons (Fsp3) is 0. The molecular weight excluding hydrogens is 312 g/mol. The van der Waals surface area contributed by atoms with Gasteiger partial charge in [-0.3, -0.25) is 10.1 Å². The van der Waals surface area contributed by atoms with Crippen LogP contribution in [0, 0.1) is 10.1 Å². The Morgan fingerprint density at radius 3 is 2.57 bits per heavy atom. The molecular formula is C16H12N4O2S.